The summed E-state index contributed by atoms with van der Waals surface area (Å²) in [6, 6.07) is 17.2. The molecule has 3 aromatic rings. The smallest absolute Gasteiger partial charge is 0.373 e. The Morgan fingerprint density at radius 2 is 1.71 bits per heavy atom. The Morgan fingerprint density at radius 1 is 1.03 bits per heavy atom. The maximum absolute atomic E-state index is 13.2. The molecule has 0 aliphatic carbocycles. The van der Waals surface area contributed by atoms with Gasteiger partial charge in [0.2, 0.25) is 10.0 Å². The lowest BCUT2D eigenvalue weighted by molar-refractivity contribution is -0.191. The van der Waals surface area contributed by atoms with Crippen molar-refractivity contribution in [1.82, 2.24) is 8.87 Å². The average molecular weight is 443 g/mol. The molecule has 164 valence electrons. The minimum Gasteiger partial charge on any atom is -0.491 e. The zero-order valence-electron chi connectivity index (χ0n) is 17.6. The summed E-state index contributed by atoms with van der Waals surface area (Å²) in [7, 11) is -3.52. The molecule has 0 bridgehead atoms. The van der Waals surface area contributed by atoms with E-state index in [1.165, 1.54) is 5.39 Å². The van der Waals surface area contributed by atoms with Crippen LogP contribution >= 0.6 is 0 Å². The van der Waals surface area contributed by atoms with Crippen molar-refractivity contribution in [2.75, 3.05) is 13.1 Å². The molecular formula is C23H26N2O5S. The summed E-state index contributed by atoms with van der Waals surface area (Å²) >= 11 is 0. The van der Waals surface area contributed by atoms with Gasteiger partial charge in [0.1, 0.15) is 5.75 Å². The lowest BCUT2D eigenvalue weighted by atomic mass is 10.1. The molecule has 8 heteroatoms. The van der Waals surface area contributed by atoms with Crippen LogP contribution in [0.25, 0.3) is 10.9 Å². The van der Waals surface area contributed by atoms with Crippen LogP contribution in [0.3, 0.4) is 0 Å². The fraction of sp³-hybridized carbons (Fsp3) is 0.348. The fourth-order valence-electron chi connectivity index (χ4n) is 3.90. The monoisotopic (exact) mass is 442 g/mol. The molecule has 1 atom stereocenters. The molecule has 1 aliphatic rings. The van der Waals surface area contributed by atoms with Crippen LogP contribution in [0.1, 0.15) is 32.7 Å². The van der Waals surface area contributed by atoms with Crippen LogP contribution in [0.5, 0.6) is 5.75 Å². The van der Waals surface area contributed by atoms with Crippen LogP contribution in [0.4, 0.5) is 0 Å². The zero-order valence-corrected chi connectivity index (χ0v) is 18.4. The molecule has 0 N–H and O–H groups in total. The van der Waals surface area contributed by atoms with Crippen molar-refractivity contribution in [3.63, 3.8) is 0 Å². The number of hydrogen-bond acceptors (Lipinski definition) is 5. The van der Waals surface area contributed by atoms with Gasteiger partial charge < -0.3 is 9.30 Å². The largest absolute Gasteiger partial charge is 0.491 e. The van der Waals surface area contributed by atoms with E-state index in [0.717, 1.165) is 18.4 Å². The van der Waals surface area contributed by atoms with E-state index in [4.69, 9.17) is 14.3 Å². The molecule has 7 nitrogen and oxygen atoms in total. The van der Waals surface area contributed by atoms with E-state index < -0.39 is 10.0 Å². The zero-order chi connectivity index (χ0) is 22.4. The Labute approximate surface area is 182 Å². The number of carbonyl (C=O) groups excluding carboxylic acids is 2. The molecule has 2 heterocycles. The van der Waals surface area contributed by atoms with Gasteiger partial charge in [-0.1, -0.05) is 18.2 Å². The predicted octanol–water partition coefficient (Wildman–Crippen LogP) is 3.87. The highest BCUT2D eigenvalue weighted by molar-refractivity contribution is 7.89. The standard InChI is InChI=1S/C22H26N2O3S.CO2/c1-17(2)27-20-9-11-21(12-10-20)28(25,26)23-14-5-7-19(16-23)24-15-13-18-6-3-4-8-22(18)24;2-1-3/h3-4,6,8-13,15,17,19H,5,7,14,16H2,1-2H3;. The first-order valence-electron chi connectivity index (χ1n) is 10.2. The van der Waals surface area contributed by atoms with Crippen LogP contribution < -0.4 is 4.74 Å². The van der Waals surface area contributed by atoms with Gasteiger partial charge in [0.15, 0.2) is 0 Å². The maximum atomic E-state index is 13.2. The summed E-state index contributed by atoms with van der Waals surface area (Å²) in [4.78, 5) is 16.6. The number of piperidine rings is 1. The van der Waals surface area contributed by atoms with Gasteiger partial charge in [-0.3, -0.25) is 0 Å². The van der Waals surface area contributed by atoms with Crippen LogP contribution in [-0.4, -0.2) is 42.6 Å². The number of benzene rings is 2. The van der Waals surface area contributed by atoms with Crippen LogP contribution in [0, 0.1) is 0 Å². The molecule has 1 saturated heterocycles. The first kappa shape index (κ1) is 22.7. The summed E-state index contributed by atoms with van der Waals surface area (Å²) in [5.74, 6) is 0.685. The third-order valence-corrected chi connectivity index (χ3v) is 7.09. The molecule has 0 amide bonds. The van der Waals surface area contributed by atoms with Gasteiger partial charge >= 0.3 is 6.15 Å². The molecule has 0 radical (unpaired) electrons. The topological polar surface area (TPSA) is 85.7 Å². The van der Waals surface area contributed by atoms with Crippen molar-refractivity contribution in [3.05, 3.63) is 60.8 Å². The van der Waals surface area contributed by atoms with Gasteiger partial charge in [-0.25, -0.2) is 8.42 Å². The van der Waals surface area contributed by atoms with Gasteiger partial charge in [-0.15, -0.1) is 0 Å². The number of fused-ring (bicyclic) bond motifs is 1. The van der Waals surface area contributed by atoms with E-state index in [2.05, 4.69) is 29.0 Å². The summed E-state index contributed by atoms with van der Waals surface area (Å²) in [6.07, 6.45) is 4.21. The van der Waals surface area contributed by atoms with Gasteiger partial charge in [-0.2, -0.15) is 13.9 Å². The number of para-hydroxylation sites is 1. The second kappa shape index (κ2) is 9.92. The van der Waals surface area contributed by atoms with Crippen molar-refractivity contribution < 1.29 is 22.7 Å². The van der Waals surface area contributed by atoms with E-state index >= 15 is 0 Å². The van der Waals surface area contributed by atoms with E-state index in [0.29, 0.717) is 23.7 Å². The Kier molecular flexibility index (Phi) is 7.28. The van der Waals surface area contributed by atoms with Crippen molar-refractivity contribution in [2.45, 2.75) is 43.7 Å². The second-order valence-electron chi connectivity index (χ2n) is 7.66. The molecular weight excluding hydrogens is 416 g/mol. The SMILES string of the molecule is CC(C)Oc1ccc(S(=O)(=O)N2CCCC(n3ccc4ccccc43)C2)cc1.O=C=O. The summed E-state index contributed by atoms with van der Waals surface area (Å²) < 4.78 is 35.8. The van der Waals surface area contributed by atoms with Crippen LogP contribution in [0.2, 0.25) is 0 Å². The quantitative estimate of drug-likeness (QED) is 0.599. The van der Waals surface area contributed by atoms with E-state index in [9.17, 15) is 8.42 Å². The predicted molar refractivity (Wildman–Crippen MR) is 116 cm³/mol. The third-order valence-electron chi connectivity index (χ3n) is 5.22. The fourth-order valence-corrected chi connectivity index (χ4v) is 5.42. The van der Waals surface area contributed by atoms with E-state index in [-0.39, 0.29) is 18.3 Å². The number of sulfonamides is 1. The summed E-state index contributed by atoms with van der Waals surface area (Å²) in [5, 5.41) is 1.18. The van der Waals surface area contributed by atoms with Crippen molar-refractivity contribution in [1.29, 1.82) is 0 Å². The molecule has 0 spiro atoms. The van der Waals surface area contributed by atoms with Crippen molar-refractivity contribution >= 4 is 27.1 Å². The Bertz CT molecular complexity index is 1150. The first-order chi connectivity index (χ1) is 14.9. The van der Waals surface area contributed by atoms with E-state index in [1.54, 1.807) is 28.6 Å². The number of nitrogens with zero attached hydrogens (tertiary/aromatic N) is 2. The molecule has 4 rings (SSSR count). The molecule has 31 heavy (non-hydrogen) atoms. The van der Waals surface area contributed by atoms with Crippen LogP contribution in [-0.2, 0) is 19.6 Å². The van der Waals surface area contributed by atoms with Gasteiger partial charge in [0.05, 0.1) is 11.0 Å². The number of hydrogen-bond donors (Lipinski definition) is 0. The van der Waals surface area contributed by atoms with Gasteiger partial charge in [-0.05, 0) is 68.5 Å². The lowest BCUT2D eigenvalue weighted by Crippen LogP contribution is -2.40. The van der Waals surface area contributed by atoms with Crippen molar-refractivity contribution in [3.8, 4) is 5.75 Å². The Balaban J connectivity index is 0.000000858. The third kappa shape index (κ3) is 5.22. The summed E-state index contributed by atoms with van der Waals surface area (Å²) in [6.45, 7) is 4.94. The Hall–Kier alpha value is -2.93. The van der Waals surface area contributed by atoms with Crippen molar-refractivity contribution in [2.24, 2.45) is 0 Å². The average Bonchev–Trinajstić information content (AvgIpc) is 3.19. The highest BCUT2D eigenvalue weighted by atomic mass is 32.2. The molecule has 2 aromatic carbocycles. The minimum atomic E-state index is -3.52. The first-order valence-corrected chi connectivity index (χ1v) is 11.6. The molecule has 1 unspecified atom stereocenters. The number of rotatable bonds is 5. The van der Waals surface area contributed by atoms with Gasteiger partial charge in [0.25, 0.3) is 0 Å². The van der Waals surface area contributed by atoms with Crippen LogP contribution in [0.15, 0.2) is 65.7 Å². The maximum Gasteiger partial charge on any atom is 0.373 e. The lowest BCUT2D eigenvalue weighted by Gasteiger charge is -2.33. The molecule has 0 saturated carbocycles. The number of aromatic nitrogens is 1. The minimum absolute atomic E-state index is 0.0571. The molecule has 1 fully saturated rings. The second-order valence-corrected chi connectivity index (χ2v) is 9.60. The normalized spacial score (nSPS) is 17.1. The highest BCUT2D eigenvalue weighted by Crippen LogP contribution is 2.30. The van der Waals surface area contributed by atoms with Gasteiger partial charge in [0, 0.05) is 30.8 Å². The Morgan fingerprint density at radius 3 is 2.39 bits per heavy atom. The highest BCUT2D eigenvalue weighted by Gasteiger charge is 2.31. The molecule has 1 aliphatic heterocycles. The molecule has 1 aromatic heterocycles. The summed E-state index contributed by atoms with van der Waals surface area (Å²) in [5.41, 5.74) is 1.15. The van der Waals surface area contributed by atoms with E-state index in [1.807, 2.05) is 26.0 Å². The number of ether oxygens (including phenoxy) is 1.